The fourth-order valence-corrected chi connectivity index (χ4v) is 2.16. The van der Waals surface area contributed by atoms with Crippen LogP contribution in [0.1, 0.15) is 33.1 Å². The van der Waals surface area contributed by atoms with Crippen LogP contribution in [0.2, 0.25) is 0 Å². The van der Waals surface area contributed by atoms with Crippen LogP contribution in [0, 0.1) is 5.92 Å². The van der Waals surface area contributed by atoms with Crippen LogP contribution in [0.5, 0.6) is 0 Å². The minimum absolute atomic E-state index is 0.528. The molecule has 0 heterocycles. The van der Waals surface area contributed by atoms with Crippen LogP contribution in [0.4, 0.5) is 0 Å². The lowest BCUT2D eigenvalue weighted by molar-refractivity contribution is 0.587. The Kier molecular flexibility index (Phi) is 8.86. The Hall–Kier alpha value is -0.430. The van der Waals surface area contributed by atoms with Gasteiger partial charge in [0.05, 0.1) is 0 Å². The maximum atomic E-state index is 3.87. The van der Waals surface area contributed by atoms with Gasteiger partial charge in [-0.1, -0.05) is 32.1 Å². The fourth-order valence-electron chi connectivity index (χ4n) is 1.19. The lowest BCUT2D eigenvalue weighted by atomic mass is 10.0. The van der Waals surface area contributed by atoms with Crippen LogP contribution in [0.3, 0.4) is 0 Å². The number of hydrogen-bond donors (Lipinski definition) is 0. The summed E-state index contributed by atoms with van der Waals surface area (Å²) in [7, 11) is 0. The zero-order valence-electron chi connectivity index (χ0n) is 9.41. The Bertz CT molecular complexity index is 182. The third kappa shape index (κ3) is 6.09. The zero-order chi connectivity index (χ0) is 10.8. The van der Waals surface area contributed by atoms with Gasteiger partial charge in [-0.25, -0.2) is 0 Å². The van der Waals surface area contributed by atoms with Gasteiger partial charge in [-0.3, -0.25) is 0 Å². The lowest BCUT2D eigenvalue weighted by Gasteiger charge is -2.15. The molecule has 0 aliphatic carbocycles. The molecular weight excluding hydrogens is 188 g/mol. The van der Waals surface area contributed by atoms with E-state index in [2.05, 4.69) is 44.6 Å². The predicted molar refractivity (Wildman–Crippen MR) is 69.6 cm³/mol. The van der Waals surface area contributed by atoms with E-state index in [9.17, 15) is 0 Å². The minimum atomic E-state index is 0.528. The van der Waals surface area contributed by atoms with Gasteiger partial charge < -0.3 is 0 Å². The van der Waals surface area contributed by atoms with Crippen LogP contribution >= 0.6 is 11.8 Å². The molecule has 14 heavy (non-hydrogen) atoms. The molecule has 0 radical (unpaired) electrons. The van der Waals surface area contributed by atoms with E-state index in [1.54, 1.807) is 0 Å². The van der Waals surface area contributed by atoms with Crippen molar-refractivity contribution in [1.29, 1.82) is 0 Å². The summed E-state index contributed by atoms with van der Waals surface area (Å²) >= 11 is 1.86. The Balaban J connectivity index is 3.94. The first-order valence-corrected chi connectivity index (χ1v) is 6.28. The normalized spacial score (nSPS) is 15.3. The lowest BCUT2D eigenvalue weighted by Crippen LogP contribution is -2.04. The summed E-state index contributed by atoms with van der Waals surface area (Å²) < 4.78 is 0. The maximum absolute atomic E-state index is 3.87. The number of allylic oxidation sites excluding steroid dienone is 2. The van der Waals surface area contributed by atoms with Gasteiger partial charge in [0.1, 0.15) is 0 Å². The molecular formula is C13H22S. The molecule has 0 bridgehead atoms. The standard InChI is InChI=1S/C13H22S/c1-5-9-10-14-13(8-4)11-12(6-2)7-3/h6,8-10,12-13H,2,4-5,7,11H2,1,3H3/b10-9-. The summed E-state index contributed by atoms with van der Waals surface area (Å²) in [5.74, 6) is 0.625. The second-order valence-corrected chi connectivity index (χ2v) is 4.48. The van der Waals surface area contributed by atoms with Crippen molar-refractivity contribution in [2.24, 2.45) is 5.92 Å². The summed E-state index contributed by atoms with van der Waals surface area (Å²) in [6, 6.07) is 0. The molecule has 0 aliphatic rings. The second kappa shape index (κ2) is 9.14. The number of thioether (sulfide) groups is 1. The highest BCUT2D eigenvalue weighted by Crippen LogP contribution is 2.23. The largest absolute Gasteiger partial charge is 0.127 e. The monoisotopic (exact) mass is 210 g/mol. The van der Waals surface area contributed by atoms with Gasteiger partial charge in [0.2, 0.25) is 0 Å². The van der Waals surface area contributed by atoms with E-state index in [4.69, 9.17) is 0 Å². The van der Waals surface area contributed by atoms with Gasteiger partial charge in [-0.2, -0.15) is 0 Å². The van der Waals surface area contributed by atoms with E-state index in [0.717, 1.165) is 12.8 Å². The Morgan fingerprint density at radius 3 is 2.36 bits per heavy atom. The van der Waals surface area contributed by atoms with Gasteiger partial charge in [0.15, 0.2) is 0 Å². The van der Waals surface area contributed by atoms with Gasteiger partial charge in [0.25, 0.3) is 0 Å². The smallest absolute Gasteiger partial charge is 0.0271 e. The molecule has 0 spiro atoms. The molecule has 0 N–H and O–H groups in total. The first kappa shape index (κ1) is 13.6. The molecule has 0 nitrogen and oxygen atoms in total. The van der Waals surface area contributed by atoms with Crippen molar-refractivity contribution in [1.82, 2.24) is 0 Å². The topological polar surface area (TPSA) is 0 Å². The van der Waals surface area contributed by atoms with Crippen LogP contribution in [-0.2, 0) is 0 Å². The maximum Gasteiger partial charge on any atom is 0.0271 e. The quantitative estimate of drug-likeness (QED) is 0.519. The fraction of sp³-hybridized carbons (Fsp3) is 0.538. The van der Waals surface area contributed by atoms with E-state index >= 15 is 0 Å². The molecule has 0 rings (SSSR count). The molecule has 2 unspecified atom stereocenters. The van der Waals surface area contributed by atoms with Crippen molar-refractivity contribution in [2.45, 2.75) is 38.4 Å². The molecule has 0 saturated carbocycles. The third-order valence-electron chi connectivity index (χ3n) is 2.24. The Morgan fingerprint density at radius 2 is 1.93 bits per heavy atom. The van der Waals surface area contributed by atoms with E-state index in [1.165, 1.54) is 6.42 Å². The highest BCUT2D eigenvalue weighted by molar-refractivity contribution is 8.02. The highest BCUT2D eigenvalue weighted by Gasteiger charge is 2.08. The second-order valence-electron chi connectivity index (χ2n) is 3.33. The van der Waals surface area contributed by atoms with E-state index < -0.39 is 0 Å². The SMILES string of the molecule is C=CC(CC)CC(C=C)S/C=C\CC. The van der Waals surface area contributed by atoms with Gasteiger partial charge in [-0.15, -0.1) is 24.9 Å². The Morgan fingerprint density at radius 1 is 1.21 bits per heavy atom. The van der Waals surface area contributed by atoms with Crippen LogP contribution in [-0.4, -0.2) is 5.25 Å². The summed E-state index contributed by atoms with van der Waals surface area (Å²) in [6.07, 6.45) is 9.72. The summed E-state index contributed by atoms with van der Waals surface area (Å²) in [6.45, 7) is 12.1. The highest BCUT2D eigenvalue weighted by atomic mass is 32.2. The summed E-state index contributed by atoms with van der Waals surface area (Å²) in [4.78, 5) is 0. The molecule has 0 aromatic rings. The molecule has 1 heteroatoms. The summed E-state index contributed by atoms with van der Waals surface area (Å²) in [5, 5.41) is 2.71. The number of hydrogen-bond acceptors (Lipinski definition) is 1. The summed E-state index contributed by atoms with van der Waals surface area (Å²) in [5.41, 5.74) is 0. The minimum Gasteiger partial charge on any atom is -0.127 e. The molecule has 0 amide bonds. The number of rotatable bonds is 8. The molecule has 80 valence electrons. The van der Waals surface area contributed by atoms with E-state index in [1.807, 2.05) is 17.8 Å². The van der Waals surface area contributed by atoms with Crippen LogP contribution in [0.25, 0.3) is 0 Å². The van der Waals surface area contributed by atoms with Crippen LogP contribution < -0.4 is 0 Å². The average molecular weight is 210 g/mol. The van der Waals surface area contributed by atoms with Crippen molar-refractivity contribution < 1.29 is 0 Å². The molecule has 0 fully saturated rings. The van der Waals surface area contributed by atoms with Crippen LogP contribution in [0.15, 0.2) is 36.8 Å². The van der Waals surface area contributed by atoms with Gasteiger partial charge in [-0.05, 0) is 30.6 Å². The molecule has 0 aromatic carbocycles. The van der Waals surface area contributed by atoms with Crippen molar-refractivity contribution in [3.63, 3.8) is 0 Å². The molecule has 0 aromatic heterocycles. The van der Waals surface area contributed by atoms with Gasteiger partial charge in [0, 0.05) is 5.25 Å². The Labute approximate surface area is 93.2 Å². The third-order valence-corrected chi connectivity index (χ3v) is 3.33. The van der Waals surface area contributed by atoms with Crippen molar-refractivity contribution in [3.05, 3.63) is 36.8 Å². The molecule has 0 aliphatic heterocycles. The zero-order valence-corrected chi connectivity index (χ0v) is 10.2. The van der Waals surface area contributed by atoms with Crippen molar-refractivity contribution in [2.75, 3.05) is 0 Å². The van der Waals surface area contributed by atoms with Crippen molar-refractivity contribution in [3.8, 4) is 0 Å². The van der Waals surface area contributed by atoms with Crippen molar-refractivity contribution >= 4 is 11.8 Å². The van der Waals surface area contributed by atoms with E-state index in [-0.39, 0.29) is 0 Å². The predicted octanol–water partition coefficient (Wildman–Crippen LogP) is 4.80. The molecule has 0 saturated heterocycles. The first-order valence-electron chi connectivity index (χ1n) is 5.34. The first-order chi connectivity index (χ1) is 6.78. The average Bonchev–Trinajstić information content (AvgIpc) is 2.23. The van der Waals surface area contributed by atoms with Gasteiger partial charge >= 0.3 is 0 Å². The van der Waals surface area contributed by atoms with E-state index in [0.29, 0.717) is 11.2 Å². The molecule has 2 atom stereocenters.